The Morgan fingerprint density at radius 1 is 0.302 bits per heavy atom. The van der Waals surface area contributed by atoms with Crippen LogP contribution < -0.4 is 15.9 Å². The number of benzene rings is 3. The summed E-state index contributed by atoms with van der Waals surface area (Å²) in [5, 5.41) is 29.1. The van der Waals surface area contributed by atoms with E-state index < -0.39 is 22.3 Å². The Hall–Kier alpha value is -6.99. The molecule has 3 aromatic heterocycles. The van der Waals surface area contributed by atoms with E-state index in [1.807, 2.05) is 54.6 Å². The largest absolute Gasteiger partial charge is 0.353 e. The maximum Gasteiger partial charge on any atom is 0.322 e. The van der Waals surface area contributed by atoms with Gasteiger partial charge < -0.3 is 15.0 Å². The number of aromatic nitrogens is 3. The minimum atomic E-state index is -3.62. The Kier molecular flexibility index (Phi) is 13.3. The Balaban J connectivity index is 1.28. The number of aromatic amines is 3. The van der Waals surface area contributed by atoms with Gasteiger partial charge in [0.1, 0.15) is 0 Å². The van der Waals surface area contributed by atoms with Crippen LogP contribution in [0.25, 0.3) is 0 Å². The Labute approximate surface area is 366 Å². The molecule has 0 aliphatic carbocycles. The molecule has 21 heteroatoms. The highest BCUT2D eigenvalue weighted by Crippen LogP contribution is 2.52. The SMILES string of the molecule is CN1/N=C\c2ccc([nH]2)/C=N/N(C)P(=O)(c2ccccc2)N(C)/N=C/c2ccc([nH]2)/C=N\N(C)P(=O)(c2ccccc2)N(C)/N=C/c2ccc([nH]2)/C=N/N(C)P1(=O)c1ccccc1. The molecule has 6 bridgehead atoms. The molecule has 63 heavy (non-hydrogen) atoms. The molecular formula is C42H48N15O3P3. The highest BCUT2D eigenvalue weighted by Gasteiger charge is 2.37. The van der Waals surface area contributed by atoms with Gasteiger partial charge in [-0.3, -0.25) is 13.7 Å². The van der Waals surface area contributed by atoms with Gasteiger partial charge in [-0.25, -0.2) is 28.7 Å². The van der Waals surface area contributed by atoms with Gasteiger partial charge in [-0.1, -0.05) is 54.6 Å². The molecule has 1 aliphatic heterocycles. The van der Waals surface area contributed by atoms with Gasteiger partial charge in [0.15, 0.2) is 0 Å². The smallest absolute Gasteiger partial charge is 0.322 e. The van der Waals surface area contributed by atoms with E-state index >= 15 is 0 Å². The first kappa shape index (κ1) is 44.1. The topological polar surface area (TPSA) is 192 Å². The van der Waals surface area contributed by atoms with E-state index in [9.17, 15) is 13.7 Å². The van der Waals surface area contributed by atoms with Gasteiger partial charge in [-0.05, 0) is 72.8 Å². The molecule has 6 aromatic rings. The van der Waals surface area contributed by atoms with Crippen molar-refractivity contribution < 1.29 is 13.7 Å². The first-order valence-electron chi connectivity index (χ1n) is 19.5. The van der Waals surface area contributed by atoms with Gasteiger partial charge in [0, 0.05) is 42.3 Å². The molecule has 0 radical (unpaired) electrons. The molecule has 2 unspecified atom stereocenters. The molecule has 0 spiro atoms. The van der Waals surface area contributed by atoms with Gasteiger partial charge in [0.05, 0.1) is 87.4 Å². The van der Waals surface area contributed by atoms with E-state index in [-0.39, 0.29) is 0 Å². The summed E-state index contributed by atoms with van der Waals surface area (Å²) in [6.07, 6.45) is 9.36. The number of fused-ring (bicyclic) bond motifs is 6. The molecule has 4 heterocycles. The third-order valence-corrected chi connectivity index (χ3v) is 18.2. The first-order valence-corrected chi connectivity index (χ1v) is 24.4. The van der Waals surface area contributed by atoms with Crippen LogP contribution in [0.3, 0.4) is 0 Å². The highest BCUT2D eigenvalue weighted by atomic mass is 31.2. The van der Waals surface area contributed by atoms with Crippen LogP contribution in [0.5, 0.6) is 0 Å². The molecule has 324 valence electrons. The van der Waals surface area contributed by atoms with Crippen molar-refractivity contribution in [2.75, 3.05) is 42.3 Å². The van der Waals surface area contributed by atoms with Crippen molar-refractivity contribution in [2.24, 2.45) is 30.6 Å². The third-order valence-electron chi connectivity index (χ3n) is 10.0. The summed E-state index contributed by atoms with van der Waals surface area (Å²) in [6, 6.07) is 37.9. The fraction of sp³-hybridized carbons (Fsp3) is 0.143. The molecular weight excluding hydrogens is 855 g/mol. The van der Waals surface area contributed by atoms with Crippen LogP contribution in [0.2, 0.25) is 0 Å². The standard InChI is InChI=1S/C42H48N15O3P3/c1-52-43-28-34-22-23-36(49-34)30-45-54(3)62(59,41-18-12-8-13-19-41)56(5)47-32-38-26-27-39(51-38)33-48-57(6)63(60,42-20-14-9-15-21-42)55(4)46-31-37-25-24-35(50-37)29-44-53(2)61(52,58)40-16-10-7-11-17-40/h7-33,49-51H,1-6H3/b43-28-,44-29+,45-30+,46-31+,47-32+,48-33-. The number of H-pyrrole nitrogens is 3. The summed E-state index contributed by atoms with van der Waals surface area (Å²) in [5.41, 5.74) is 3.65. The van der Waals surface area contributed by atoms with Crippen LogP contribution in [-0.4, -0.2) is 123 Å². The van der Waals surface area contributed by atoms with E-state index in [4.69, 9.17) is 0 Å². The fourth-order valence-corrected chi connectivity index (χ4v) is 12.4. The van der Waals surface area contributed by atoms with Crippen molar-refractivity contribution in [1.29, 1.82) is 0 Å². The monoisotopic (exact) mass is 903 g/mol. The molecule has 0 saturated carbocycles. The summed E-state index contributed by atoms with van der Waals surface area (Å²) in [6.45, 7) is 0. The quantitative estimate of drug-likeness (QED) is 0.173. The van der Waals surface area contributed by atoms with E-state index in [0.717, 1.165) is 0 Å². The van der Waals surface area contributed by atoms with Gasteiger partial charge in [0.2, 0.25) is 0 Å². The third kappa shape index (κ3) is 9.43. The molecule has 0 saturated heterocycles. The number of nitrogens with one attached hydrogen (secondary N) is 3. The lowest BCUT2D eigenvalue weighted by molar-refractivity contribution is 0.419. The molecule has 3 aromatic carbocycles. The molecule has 2 atom stereocenters. The fourth-order valence-electron chi connectivity index (χ4n) is 6.47. The summed E-state index contributed by atoms with van der Waals surface area (Å²) >= 11 is 0. The van der Waals surface area contributed by atoms with Crippen LogP contribution >= 0.6 is 22.3 Å². The number of hydrogen-bond acceptors (Lipinski definition) is 9. The Morgan fingerprint density at radius 2 is 0.476 bits per heavy atom. The van der Waals surface area contributed by atoms with Crippen molar-refractivity contribution in [1.82, 2.24) is 43.6 Å². The van der Waals surface area contributed by atoms with E-state index in [1.54, 1.807) is 152 Å². The van der Waals surface area contributed by atoms with Crippen molar-refractivity contribution in [3.8, 4) is 0 Å². The molecule has 0 amide bonds. The maximum absolute atomic E-state index is 15.0. The Bertz CT molecular complexity index is 2400. The minimum absolute atomic E-state index is 0.520. The molecule has 3 N–H and O–H groups in total. The number of nitrogens with zero attached hydrogens (tertiary/aromatic N) is 12. The van der Waals surface area contributed by atoms with Gasteiger partial charge >= 0.3 is 22.3 Å². The van der Waals surface area contributed by atoms with Crippen LogP contribution in [0.15, 0.2) is 158 Å². The predicted octanol–water partition coefficient (Wildman–Crippen LogP) is 6.23. The average Bonchev–Trinajstić information content (AvgIpc) is 4.10. The van der Waals surface area contributed by atoms with E-state index in [2.05, 4.69) is 45.6 Å². The van der Waals surface area contributed by atoms with Crippen LogP contribution in [0.4, 0.5) is 0 Å². The van der Waals surface area contributed by atoms with Crippen molar-refractivity contribution in [3.63, 3.8) is 0 Å². The zero-order chi connectivity index (χ0) is 44.6. The highest BCUT2D eigenvalue weighted by molar-refractivity contribution is 7.67. The van der Waals surface area contributed by atoms with Crippen molar-refractivity contribution in [3.05, 3.63) is 162 Å². The number of rotatable bonds is 3. The number of hydrogen-bond donors (Lipinski definition) is 3. The lowest BCUT2D eigenvalue weighted by atomic mass is 10.4. The van der Waals surface area contributed by atoms with Crippen molar-refractivity contribution in [2.45, 2.75) is 0 Å². The Morgan fingerprint density at radius 3 is 0.651 bits per heavy atom. The summed E-state index contributed by atoms with van der Waals surface area (Å²) in [5.74, 6) is 0. The lowest BCUT2D eigenvalue weighted by Crippen LogP contribution is -2.28. The van der Waals surface area contributed by atoms with Crippen molar-refractivity contribution >= 4 is 75.5 Å². The molecule has 1 aliphatic rings. The molecule has 7 rings (SSSR count). The normalized spacial score (nSPS) is 24.7. The average molecular weight is 904 g/mol. The van der Waals surface area contributed by atoms with Crippen LogP contribution in [-0.2, 0) is 13.7 Å². The number of hydrazone groups is 6. The lowest BCUT2D eigenvalue weighted by Gasteiger charge is -2.31. The van der Waals surface area contributed by atoms with Gasteiger partial charge in [-0.2, -0.15) is 30.6 Å². The van der Waals surface area contributed by atoms with Crippen LogP contribution in [0, 0.1) is 0 Å². The second-order valence-electron chi connectivity index (χ2n) is 14.1. The van der Waals surface area contributed by atoms with Crippen LogP contribution in [0.1, 0.15) is 34.2 Å². The van der Waals surface area contributed by atoms with E-state index in [0.29, 0.717) is 50.1 Å². The second-order valence-corrected chi connectivity index (χ2v) is 22.4. The van der Waals surface area contributed by atoms with Gasteiger partial charge in [-0.15, -0.1) is 0 Å². The molecule has 0 fully saturated rings. The molecule has 18 nitrogen and oxygen atoms in total. The maximum atomic E-state index is 15.0. The second kappa shape index (κ2) is 19.0. The zero-order valence-electron chi connectivity index (χ0n) is 35.5. The van der Waals surface area contributed by atoms with E-state index in [1.165, 1.54) is 28.7 Å². The predicted molar refractivity (Wildman–Crippen MR) is 256 cm³/mol. The minimum Gasteiger partial charge on any atom is -0.353 e. The summed E-state index contributed by atoms with van der Waals surface area (Å²) < 4.78 is 53.3. The summed E-state index contributed by atoms with van der Waals surface area (Å²) in [4.78, 5) is 9.72. The summed E-state index contributed by atoms with van der Waals surface area (Å²) in [7, 11) is -1.09. The zero-order valence-corrected chi connectivity index (χ0v) is 38.2. The first-order chi connectivity index (χ1) is 30.3. The van der Waals surface area contributed by atoms with Gasteiger partial charge in [0.25, 0.3) is 0 Å².